The van der Waals surface area contributed by atoms with E-state index in [0.717, 1.165) is 45.1 Å². The number of rotatable bonds is 6. The van der Waals surface area contributed by atoms with Gasteiger partial charge in [0, 0.05) is 48.0 Å². The van der Waals surface area contributed by atoms with E-state index in [1.807, 2.05) is 78.9 Å². The first-order chi connectivity index (χ1) is 18.7. The lowest BCUT2D eigenvalue weighted by molar-refractivity contribution is -0.596. The summed E-state index contributed by atoms with van der Waals surface area (Å²) >= 11 is 0. The van der Waals surface area contributed by atoms with Gasteiger partial charge >= 0.3 is 0 Å². The van der Waals surface area contributed by atoms with Crippen molar-refractivity contribution in [2.75, 3.05) is 0 Å². The maximum Gasteiger partial charge on any atom is 0.214 e. The summed E-state index contributed by atoms with van der Waals surface area (Å²) in [4.78, 5) is 0. The molecule has 0 spiro atoms. The van der Waals surface area contributed by atoms with Gasteiger partial charge < -0.3 is 9.84 Å². The van der Waals surface area contributed by atoms with Gasteiger partial charge in [-0.15, -0.1) is 0 Å². The average Bonchev–Trinajstić information content (AvgIpc) is 2.98. The number of aromatic hydroxyl groups is 1. The highest BCUT2D eigenvalue weighted by Crippen LogP contribution is 2.29. The quantitative estimate of drug-likeness (QED) is 0.251. The van der Waals surface area contributed by atoms with E-state index in [1.54, 1.807) is 6.07 Å². The Morgan fingerprint density at radius 2 is 1.00 bits per heavy atom. The zero-order chi connectivity index (χ0) is 25.7. The molecule has 0 radical (unpaired) electrons. The number of para-hydroxylation sites is 2. The Labute approximate surface area is 221 Å². The van der Waals surface area contributed by atoms with E-state index < -0.39 is 0 Å². The van der Waals surface area contributed by atoms with Gasteiger partial charge in [-0.05, 0) is 41.0 Å². The molecule has 2 heterocycles. The van der Waals surface area contributed by atoms with Crippen LogP contribution in [0.4, 0.5) is 0 Å². The molecule has 0 aliphatic carbocycles. The van der Waals surface area contributed by atoms with Gasteiger partial charge in [0.2, 0.25) is 11.4 Å². The summed E-state index contributed by atoms with van der Waals surface area (Å²) in [5, 5.41) is 10.2. The largest absolute Gasteiger partial charge is 0.507 e. The molecule has 38 heavy (non-hydrogen) atoms. The lowest BCUT2D eigenvalue weighted by atomic mass is 10.0. The molecule has 1 N–H and O–H groups in total. The van der Waals surface area contributed by atoms with Gasteiger partial charge in [0.05, 0.1) is 6.07 Å². The molecule has 6 aromatic rings. The third-order valence-electron chi connectivity index (χ3n) is 6.45. The second-order valence-electron chi connectivity index (χ2n) is 8.97. The normalized spacial score (nSPS) is 10.7. The van der Waals surface area contributed by atoms with Crippen molar-refractivity contribution in [2.45, 2.75) is 0 Å². The van der Waals surface area contributed by atoms with E-state index >= 15 is 0 Å². The van der Waals surface area contributed by atoms with Crippen LogP contribution in [0.3, 0.4) is 0 Å². The highest BCUT2D eigenvalue weighted by molar-refractivity contribution is 5.71. The zero-order valence-electron chi connectivity index (χ0n) is 20.7. The number of phenols is 1. The average molecular weight is 495 g/mol. The van der Waals surface area contributed by atoms with Crippen LogP contribution in [0.15, 0.2) is 152 Å². The highest BCUT2D eigenvalue weighted by Gasteiger charge is 2.12. The fourth-order valence-electron chi connectivity index (χ4n) is 4.47. The molecule has 0 unspecified atom stereocenters. The molecule has 0 aliphatic heterocycles. The summed E-state index contributed by atoms with van der Waals surface area (Å²) in [6.45, 7) is 0. The Balaban J connectivity index is 1.20. The third-order valence-corrected chi connectivity index (χ3v) is 6.45. The number of hydrogen-bond donors (Lipinski definition) is 1. The van der Waals surface area contributed by atoms with Crippen molar-refractivity contribution in [3.8, 4) is 50.9 Å². The van der Waals surface area contributed by atoms with Crippen molar-refractivity contribution in [3.05, 3.63) is 152 Å². The molecular formula is C34H26N2O2+2. The van der Waals surface area contributed by atoms with Crippen LogP contribution in [0.1, 0.15) is 0 Å². The summed E-state index contributed by atoms with van der Waals surface area (Å²) in [6, 6.07) is 41.9. The first-order valence-corrected chi connectivity index (χ1v) is 12.5. The molecule has 182 valence electrons. The molecule has 4 aromatic carbocycles. The fraction of sp³-hybridized carbons (Fsp3) is 0. The smallest absolute Gasteiger partial charge is 0.214 e. The van der Waals surface area contributed by atoms with Crippen molar-refractivity contribution in [3.63, 3.8) is 0 Å². The van der Waals surface area contributed by atoms with Crippen LogP contribution >= 0.6 is 0 Å². The Kier molecular flexibility index (Phi) is 6.35. The number of aromatic nitrogens is 2. The third kappa shape index (κ3) is 5.01. The second-order valence-corrected chi connectivity index (χ2v) is 8.97. The molecule has 6 rings (SSSR count). The minimum absolute atomic E-state index is 0.279. The predicted molar refractivity (Wildman–Crippen MR) is 149 cm³/mol. The van der Waals surface area contributed by atoms with E-state index in [4.69, 9.17) is 4.74 Å². The Hall–Kier alpha value is -5.22. The highest BCUT2D eigenvalue weighted by atomic mass is 16.5. The standard InChI is InChI=1S/C34H25N2O2/c37-34-15-5-4-14-33(34)28-8-6-9-29(24-28)35-20-16-26(17-21-35)27-18-22-36(23-19-27)30-10-7-13-32(25-30)38-31-11-2-1-3-12-31/h1-25H/q+1/p+1. The Morgan fingerprint density at radius 1 is 0.447 bits per heavy atom. The minimum atomic E-state index is 0.279. The molecule has 0 aliphatic rings. The monoisotopic (exact) mass is 494 g/mol. The van der Waals surface area contributed by atoms with Gasteiger partial charge in [-0.2, -0.15) is 9.13 Å². The van der Waals surface area contributed by atoms with Crippen LogP contribution in [-0.2, 0) is 0 Å². The number of hydrogen-bond acceptors (Lipinski definition) is 2. The van der Waals surface area contributed by atoms with Gasteiger partial charge in [-0.3, -0.25) is 0 Å². The second kappa shape index (κ2) is 10.4. The van der Waals surface area contributed by atoms with E-state index in [9.17, 15) is 5.11 Å². The molecule has 0 atom stereocenters. The van der Waals surface area contributed by atoms with Gasteiger partial charge in [-0.1, -0.05) is 54.6 Å². The van der Waals surface area contributed by atoms with E-state index in [0.29, 0.717) is 0 Å². The summed E-state index contributed by atoms with van der Waals surface area (Å²) in [7, 11) is 0. The lowest BCUT2D eigenvalue weighted by Gasteiger charge is -2.06. The Bertz CT molecular complexity index is 1680. The van der Waals surface area contributed by atoms with Crippen molar-refractivity contribution in [2.24, 2.45) is 0 Å². The van der Waals surface area contributed by atoms with Crippen LogP contribution in [0.25, 0.3) is 33.6 Å². The van der Waals surface area contributed by atoms with Crippen molar-refractivity contribution in [1.82, 2.24) is 0 Å². The molecule has 4 heteroatoms. The van der Waals surface area contributed by atoms with Crippen molar-refractivity contribution in [1.29, 1.82) is 0 Å². The van der Waals surface area contributed by atoms with Gasteiger partial charge in [0.15, 0.2) is 24.8 Å². The number of nitrogens with zero attached hydrogens (tertiary/aromatic N) is 2. The van der Waals surface area contributed by atoms with Gasteiger partial charge in [0.25, 0.3) is 0 Å². The van der Waals surface area contributed by atoms with Gasteiger partial charge in [-0.25, -0.2) is 0 Å². The molecule has 2 aromatic heterocycles. The maximum atomic E-state index is 10.2. The summed E-state index contributed by atoms with van der Waals surface area (Å²) in [5.41, 5.74) is 6.12. The number of phenolic OH excluding ortho intramolecular Hbond substituents is 1. The molecule has 0 fully saturated rings. The van der Waals surface area contributed by atoms with Crippen LogP contribution in [0.5, 0.6) is 17.2 Å². The Morgan fingerprint density at radius 3 is 1.66 bits per heavy atom. The van der Waals surface area contributed by atoms with E-state index in [1.165, 1.54) is 0 Å². The summed E-state index contributed by atoms with van der Waals surface area (Å²) in [6.07, 6.45) is 8.25. The van der Waals surface area contributed by atoms with Crippen LogP contribution in [-0.4, -0.2) is 5.11 Å². The first-order valence-electron chi connectivity index (χ1n) is 12.5. The summed E-state index contributed by atoms with van der Waals surface area (Å²) in [5.74, 6) is 1.89. The number of benzene rings is 4. The van der Waals surface area contributed by atoms with Gasteiger partial charge in [0.1, 0.15) is 17.2 Å². The van der Waals surface area contributed by atoms with E-state index in [2.05, 4.69) is 76.4 Å². The molecule has 0 bridgehead atoms. The topological polar surface area (TPSA) is 37.2 Å². The molecule has 0 saturated heterocycles. The predicted octanol–water partition coefficient (Wildman–Crippen LogP) is 7.07. The molecule has 0 amide bonds. The molecule has 0 saturated carbocycles. The van der Waals surface area contributed by atoms with Crippen molar-refractivity contribution < 1.29 is 19.0 Å². The van der Waals surface area contributed by atoms with Crippen LogP contribution in [0.2, 0.25) is 0 Å². The molecular weight excluding hydrogens is 468 g/mol. The summed E-state index contributed by atoms with van der Waals surface area (Å²) < 4.78 is 10.1. The first kappa shape index (κ1) is 23.2. The lowest BCUT2D eigenvalue weighted by Crippen LogP contribution is -2.29. The number of pyridine rings is 2. The molecule has 4 nitrogen and oxygen atoms in total. The van der Waals surface area contributed by atoms with E-state index in [-0.39, 0.29) is 5.75 Å². The number of ether oxygens (including phenoxy) is 1. The maximum absolute atomic E-state index is 10.2. The minimum Gasteiger partial charge on any atom is -0.507 e. The fourth-order valence-corrected chi connectivity index (χ4v) is 4.47. The van der Waals surface area contributed by atoms with Crippen LogP contribution in [0, 0.1) is 0 Å². The van der Waals surface area contributed by atoms with Crippen LogP contribution < -0.4 is 13.9 Å². The van der Waals surface area contributed by atoms with Crippen molar-refractivity contribution >= 4 is 0 Å². The zero-order valence-corrected chi connectivity index (χ0v) is 20.7. The SMILES string of the molecule is Oc1ccccc1-c1cccc(-[n+]2ccc(-c3cc[n+](-c4cccc(Oc5ccccc5)c4)cc3)cc2)c1.